The monoisotopic (exact) mass is 311 g/mol. The van der Waals surface area contributed by atoms with Crippen molar-refractivity contribution in [1.82, 2.24) is 4.98 Å². The minimum Gasteiger partial charge on any atom is -0.373 e. The van der Waals surface area contributed by atoms with E-state index in [0.29, 0.717) is 10.6 Å². The van der Waals surface area contributed by atoms with E-state index >= 15 is 0 Å². The van der Waals surface area contributed by atoms with Crippen LogP contribution >= 0.6 is 27.3 Å². The zero-order chi connectivity index (χ0) is 12.3. The van der Waals surface area contributed by atoms with E-state index in [0.717, 1.165) is 10.3 Å². The van der Waals surface area contributed by atoms with Gasteiger partial charge in [0.15, 0.2) is 0 Å². The standard InChI is InChI=1S/C11H10BrN3OS/c1-13-10-3-2-8(5-14-10)15-11(16)9-4-7(12)6-17-9/h2-6H,1H3,(H,13,14)(H,15,16). The van der Waals surface area contributed by atoms with Crippen LogP contribution in [0.25, 0.3) is 0 Å². The van der Waals surface area contributed by atoms with E-state index < -0.39 is 0 Å². The van der Waals surface area contributed by atoms with Crippen LogP contribution in [-0.4, -0.2) is 17.9 Å². The van der Waals surface area contributed by atoms with Gasteiger partial charge in [0.25, 0.3) is 5.91 Å². The van der Waals surface area contributed by atoms with Crippen LogP contribution in [0.1, 0.15) is 9.67 Å². The Morgan fingerprint density at radius 2 is 2.29 bits per heavy atom. The maximum Gasteiger partial charge on any atom is 0.265 e. The van der Waals surface area contributed by atoms with Gasteiger partial charge in [0.2, 0.25) is 0 Å². The lowest BCUT2D eigenvalue weighted by Gasteiger charge is -2.04. The van der Waals surface area contributed by atoms with Crippen molar-refractivity contribution in [3.05, 3.63) is 39.1 Å². The topological polar surface area (TPSA) is 54.0 Å². The number of carbonyl (C=O) groups excluding carboxylic acids is 1. The fourth-order valence-electron chi connectivity index (χ4n) is 1.24. The van der Waals surface area contributed by atoms with Gasteiger partial charge in [0.05, 0.1) is 16.8 Å². The molecule has 0 aliphatic carbocycles. The summed E-state index contributed by atoms with van der Waals surface area (Å²) in [4.78, 5) is 16.6. The smallest absolute Gasteiger partial charge is 0.265 e. The molecule has 0 aliphatic heterocycles. The van der Waals surface area contributed by atoms with Crippen LogP contribution in [0.3, 0.4) is 0 Å². The van der Waals surface area contributed by atoms with Gasteiger partial charge in [-0.2, -0.15) is 0 Å². The molecule has 0 bridgehead atoms. The Morgan fingerprint density at radius 1 is 1.47 bits per heavy atom. The molecule has 6 heteroatoms. The Hall–Kier alpha value is -1.40. The molecule has 0 saturated carbocycles. The van der Waals surface area contributed by atoms with Crippen LogP contribution < -0.4 is 10.6 Å². The lowest BCUT2D eigenvalue weighted by molar-refractivity contribution is 0.103. The van der Waals surface area contributed by atoms with Crippen molar-refractivity contribution in [1.29, 1.82) is 0 Å². The van der Waals surface area contributed by atoms with Crippen LogP contribution in [0.2, 0.25) is 0 Å². The third-order valence-electron chi connectivity index (χ3n) is 2.07. The first kappa shape index (κ1) is 12.1. The molecular weight excluding hydrogens is 302 g/mol. The van der Waals surface area contributed by atoms with E-state index in [-0.39, 0.29) is 5.91 Å². The number of aromatic nitrogens is 1. The Bertz CT molecular complexity index is 524. The van der Waals surface area contributed by atoms with Gasteiger partial charge in [-0.05, 0) is 34.1 Å². The van der Waals surface area contributed by atoms with Gasteiger partial charge in [-0.3, -0.25) is 4.79 Å². The van der Waals surface area contributed by atoms with Gasteiger partial charge < -0.3 is 10.6 Å². The Balaban J connectivity index is 2.07. The van der Waals surface area contributed by atoms with Crippen LogP contribution in [0.5, 0.6) is 0 Å². The van der Waals surface area contributed by atoms with Gasteiger partial charge in [-0.15, -0.1) is 11.3 Å². The molecule has 2 N–H and O–H groups in total. The van der Waals surface area contributed by atoms with E-state index in [2.05, 4.69) is 31.5 Å². The van der Waals surface area contributed by atoms with Gasteiger partial charge in [-0.1, -0.05) is 0 Å². The van der Waals surface area contributed by atoms with E-state index in [1.54, 1.807) is 31.4 Å². The van der Waals surface area contributed by atoms with Gasteiger partial charge in [0, 0.05) is 16.9 Å². The second kappa shape index (κ2) is 5.29. The number of halogens is 1. The molecule has 0 unspecified atom stereocenters. The molecule has 17 heavy (non-hydrogen) atoms. The molecule has 88 valence electrons. The maximum atomic E-state index is 11.8. The van der Waals surface area contributed by atoms with E-state index in [4.69, 9.17) is 0 Å². The molecule has 1 amide bonds. The molecule has 0 aromatic carbocycles. The molecule has 0 aliphatic rings. The van der Waals surface area contributed by atoms with E-state index in [1.165, 1.54) is 11.3 Å². The molecule has 4 nitrogen and oxygen atoms in total. The summed E-state index contributed by atoms with van der Waals surface area (Å²) in [7, 11) is 1.80. The van der Waals surface area contributed by atoms with Gasteiger partial charge in [-0.25, -0.2) is 4.98 Å². The number of pyridine rings is 1. The summed E-state index contributed by atoms with van der Waals surface area (Å²) in [6, 6.07) is 5.40. The second-order valence-corrected chi connectivity index (χ2v) is 5.09. The first-order valence-corrected chi connectivity index (χ1v) is 6.55. The molecule has 2 aromatic heterocycles. The number of hydrogen-bond donors (Lipinski definition) is 2. The van der Waals surface area contributed by atoms with Crippen molar-refractivity contribution in [3.63, 3.8) is 0 Å². The van der Waals surface area contributed by atoms with E-state index in [1.807, 2.05) is 5.38 Å². The summed E-state index contributed by atoms with van der Waals surface area (Å²) in [5.41, 5.74) is 0.679. The summed E-state index contributed by atoms with van der Waals surface area (Å²) < 4.78 is 0.913. The highest BCUT2D eigenvalue weighted by molar-refractivity contribution is 9.10. The van der Waals surface area contributed by atoms with Crippen molar-refractivity contribution in [2.75, 3.05) is 17.7 Å². The highest BCUT2D eigenvalue weighted by Gasteiger charge is 2.08. The number of amides is 1. The van der Waals surface area contributed by atoms with Gasteiger partial charge in [0.1, 0.15) is 5.82 Å². The van der Waals surface area contributed by atoms with Crippen molar-refractivity contribution in [2.24, 2.45) is 0 Å². The zero-order valence-corrected chi connectivity index (χ0v) is 11.4. The predicted molar refractivity (Wildman–Crippen MR) is 73.8 cm³/mol. The summed E-state index contributed by atoms with van der Waals surface area (Å²) >= 11 is 4.71. The summed E-state index contributed by atoms with van der Waals surface area (Å²) in [6.45, 7) is 0. The third-order valence-corrected chi connectivity index (χ3v) is 3.76. The highest BCUT2D eigenvalue weighted by atomic mass is 79.9. The van der Waals surface area contributed by atoms with Crippen molar-refractivity contribution in [2.45, 2.75) is 0 Å². The molecule has 2 heterocycles. The van der Waals surface area contributed by atoms with Crippen LogP contribution in [0.15, 0.2) is 34.2 Å². The number of anilines is 2. The fraction of sp³-hybridized carbons (Fsp3) is 0.0909. The van der Waals surface area contributed by atoms with Crippen LogP contribution in [-0.2, 0) is 0 Å². The quantitative estimate of drug-likeness (QED) is 0.915. The number of rotatable bonds is 3. The number of nitrogens with one attached hydrogen (secondary N) is 2. The van der Waals surface area contributed by atoms with Gasteiger partial charge >= 0.3 is 0 Å². The second-order valence-electron chi connectivity index (χ2n) is 3.27. The van der Waals surface area contributed by atoms with E-state index in [9.17, 15) is 4.79 Å². The fourth-order valence-corrected chi connectivity index (χ4v) is 2.56. The maximum absolute atomic E-state index is 11.8. The molecule has 0 spiro atoms. The molecule has 2 rings (SSSR count). The lowest BCUT2D eigenvalue weighted by atomic mass is 10.3. The molecule has 0 radical (unpaired) electrons. The lowest BCUT2D eigenvalue weighted by Crippen LogP contribution is -2.10. The van der Waals surface area contributed by atoms with Crippen molar-refractivity contribution < 1.29 is 4.79 Å². The minimum atomic E-state index is -0.125. The Kier molecular flexibility index (Phi) is 3.75. The average molecular weight is 312 g/mol. The molecule has 0 fully saturated rings. The summed E-state index contributed by atoms with van der Waals surface area (Å²) in [5, 5.41) is 7.57. The molecule has 0 atom stereocenters. The first-order chi connectivity index (χ1) is 8.19. The largest absolute Gasteiger partial charge is 0.373 e. The van der Waals surface area contributed by atoms with Crippen molar-refractivity contribution in [3.8, 4) is 0 Å². The molecule has 0 saturated heterocycles. The van der Waals surface area contributed by atoms with Crippen LogP contribution in [0, 0.1) is 0 Å². The molecule has 2 aromatic rings. The predicted octanol–water partition coefficient (Wildman–Crippen LogP) is 3.20. The summed E-state index contributed by atoms with van der Waals surface area (Å²) in [6.07, 6.45) is 1.62. The number of hydrogen-bond acceptors (Lipinski definition) is 4. The minimum absolute atomic E-state index is 0.125. The SMILES string of the molecule is CNc1ccc(NC(=O)c2cc(Br)cs2)cn1. The zero-order valence-electron chi connectivity index (χ0n) is 9.03. The Labute approximate surface area is 111 Å². The van der Waals surface area contributed by atoms with Crippen molar-refractivity contribution >= 4 is 44.7 Å². The highest BCUT2D eigenvalue weighted by Crippen LogP contribution is 2.21. The molecular formula is C11H10BrN3OS. The summed E-state index contributed by atoms with van der Waals surface area (Å²) in [5.74, 6) is 0.640. The number of nitrogens with zero attached hydrogens (tertiary/aromatic N) is 1. The first-order valence-electron chi connectivity index (χ1n) is 4.88. The number of carbonyl (C=O) groups is 1. The number of thiophene rings is 1. The normalized spacial score (nSPS) is 10.0. The Morgan fingerprint density at radius 3 is 2.82 bits per heavy atom. The average Bonchev–Trinajstić information content (AvgIpc) is 2.77. The van der Waals surface area contributed by atoms with Crippen LogP contribution in [0.4, 0.5) is 11.5 Å². The third kappa shape index (κ3) is 3.04.